The number of carbonyl (C=O) groups is 2. The van der Waals surface area contributed by atoms with E-state index in [1.807, 2.05) is 0 Å². The number of hydrogen-bond acceptors (Lipinski definition) is 4. The van der Waals surface area contributed by atoms with E-state index in [1.165, 1.54) is 0 Å². The summed E-state index contributed by atoms with van der Waals surface area (Å²) in [6.45, 7) is 5.11. The standard InChI is InChI=1S/C10H18N2O3/c1-6(13)7(11)5-12-8(14)4-10(2,3)9(12)15/h6-7,13H,4-5,11H2,1-3H3. The molecule has 0 aromatic rings. The van der Waals surface area contributed by atoms with Crippen molar-refractivity contribution in [3.63, 3.8) is 0 Å². The number of rotatable bonds is 3. The summed E-state index contributed by atoms with van der Waals surface area (Å²) < 4.78 is 0. The fourth-order valence-electron chi connectivity index (χ4n) is 1.58. The molecule has 0 aromatic heterocycles. The van der Waals surface area contributed by atoms with Gasteiger partial charge in [0.15, 0.2) is 0 Å². The number of hydrogen-bond donors (Lipinski definition) is 2. The van der Waals surface area contributed by atoms with Crippen LogP contribution in [0.4, 0.5) is 0 Å². The van der Waals surface area contributed by atoms with Gasteiger partial charge in [0.2, 0.25) is 11.8 Å². The molecule has 1 aliphatic rings. The van der Waals surface area contributed by atoms with E-state index in [-0.39, 0.29) is 24.8 Å². The Bertz CT molecular complexity index is 286. The van der Waals surface area contributed by atoms with Gasteiger partial charge in [-0.15, -0.1) is 0 Å². The molecule has 15 heavy (non-hydrogen) atoms. The maximum absolute atomic E-state index is 11.8. The Kier molecular flexibility index (Phi) is 3.16. The van der Waals surface area contributed by atoms with Crippen molar-refractivity contribution in [2.75, 3.05) is 6.54 Å². The molecule has 2 atom stereocenters. The zero-order valence-corrected chi connectivity index (χ0v) is 9.36. The highest BCUT2D eigenvalue weighted by atomic mass is 16.3. The lowest BCUT2D eigenvalue weighted by Crippen LogP contribution is -2.46. The second kappa shape index (κ2) is 3.90. The average molecular weight is 214 g/mol. The summed E-state index contributed by atoms with van der Waals surface area (Å²) in [6.07, 6.45) is -0.507. The van der Waals surface area contributed by atoms with Crippen molar-refractivity contribution < 1.29 is 14.7 Å². The van der Waals surface area contributed by atoms with Gasteiger partial charge in [-0.25, -0.2) is 0 Å². The van der Waals surface area contributed by atoms with Crippen LogP contribution in [0.25, 0.3) is 0 Å². The Morgan fingerprint density at radius 1 is 1.53 bits per heavy atom. The number of nitrogens with two attached hydrogens (primary N) is 1. The monoisotopic (exact) mass is 214 g/mol. The molecule has 1 saturated heterocycles. The Hall–Kier alpha value is -0.940. The quantitative estimate of drug-likeness (QED) is 0.619. The van der Waals surface area contributed by atoms with Crippen LogP contribution in [-0.4, -0.2) is 40.5 Å². The predicted octanol–water partition coefficient (Wildman–Crippen LogP) is -0.520. The molecule has 3 N–H and O–H groups in total. The van der Waals surface area contributed by atoms with Crippen LogP contribution in [0.5, 0.6) is 0 Å². The molecule has 0 bridgehead atoms. The van der Waals surface area contributed by atoms with Gasteiger partial charge < -0.3 is 10.8 Å². The van der Waals surface area contributed by atoms with Crippen molar-refractivity contribution in [3.05, 3.63) is 0 Å². The number of imide groups is 1. The van der Waals surface area contributed by atoms with Crippen LogP contribution in [0.1, 0.15) is 27.2 Å². The van der Waals surface area contributed by atoms with Gasteiger partial charge in [-0.1, -0.05) is 13.8 Å². The maximum atomic E-state index is 11.8. The van der Waals surface area contributed by atoms with Gasteiger partial charge in [0.25, 0.3) is 0 Å². The Morgan fingerprint density at radius 3 is 2.40 bits per heavy atom. The number of carbonyl (C=O) groups excluding carboxylic acids is 2. The third kappa shape index (κ3) is 2.35. The van der Waals surface area contributed by atoms with E-state index in [1.54, 1.807) is 20.8 Å². The van der Waals surface area contributed by atoms with Crippen LogP contribution in [0.15, 0.2) is 0 Å². The molecule has 1 fully saturated rings. The van der Waals surface area contributed by atoms with Gasteiger partial charge in [0, 0.05) is 19.0 Å². The molecule has 2 unspecified atom stereocenters. The predicted molar refractivity (Wildman–Crippen MR) is 54.8 cm³/mol. The molecule has 0 aromatic carbocycles. The molecule has 5 heteroatoms. The van der Waals surface area contributed by atoms with E-state index in [2.05, 4.69) is 0 Å². The minimum absolute atomic E-state index is 0.0960. The molecule has 0 spiro atoms. The summed E-state index contributed by atoms with van der Waals surface area (Å²) in [5, 5.41) is 9.21. The summed E-state index contributed by atoms with van der Waals surface area (Å²) in [4.78, 5) is 24.4. The van der Waals surface area contributed by atoms with E-state index >= 15 is 0 Å². The largest absolute Gasteiger partial charge is 0.392 e. The first-order chi connectivity index (χ1) is 6.75. The highest BCUT2D eigenvalue weighted by Crippen LogP contribution is 2.31. The molecule has 0 radical (unpaired) electrons. The Balaban J connectivity index is 2.72. The molecule has 2 amide bonds. The lowest BCUT2D eigenvalue weighted by molar-refractivity contribution is -0.141. The smallest absolute Gasteiger partial charge is 0.235 e. The van der Waals surface area contributed by atoms with Crippen molar-refractivity contribution in [2.24, 2.45) is 11.1 Å². The van der Waals surface area contributed by atoms with Gasteiger partial charge in [-0.05, 0) is 6.92 Å². The van der Waals surface area contributed by atoms with E-state index in [0.29, 0.717) is 0 Å². The minimum atomic E-state index is -0.727. The molecule has 1 heterocycles. The number of amides is 2. The molecule has 86 valence electrons. The summed E-state index contributed by atoms with van der Waals surface area (Å²) in [6, 6.07) is -0.577. The second-order valence-electron chi connectivity index (χ2n) is 4.77. The number of nitrogens with zero attached hydrogens (tertiary/aromatic N) is 1. The molecular weight excluding hydrogens is 196 g/mol. The first kappa shape index (κ1) is 12.1. The lowest BCUT2D eigenvalue weighted by atomic mass is 9.92. The molecule has 1 aliphatic heterocycles. The van der Waals surface area contributed by atoms with Crippen LogP contribution < -0.4 is 5.73 Å². The number of aliphatic hydroxyl groups is 1. The molecule has 0 aliphatic carbocycles. The summed E-state index contributed by atoms with van der Waals surface area (Å²) >= 11 is 0. The van der Waals surface area contributed by atoms with Gasteiger partial charge in [-0.2, -0.15) is 0 Å². The summed E-state index contributed by atoms with van der Waals surface area (Å²) in [7, 11) is 0. The second-order valence-corrected chi connectivity index (χ2v) is 4.77. The number of likely N-dealkylation sites (tertiary alicyclic amines) is 1. The fraction of sp³-hybridized carbons (Fsp3) is 0.800. The van der Waals surface area contributed by atoms with Gasteiger partial charge >= 0.3 is 0 Å². The molecule has 1 rings (SSSR count). The van der Waals surface area contributed by atoms with Crippen LogP contribution in [0.2, 0.25) is 0 Å². The number of aliphatic hydroxyl groups excluding tert-OH is 1. The Labute approximate surface area is 89.2 Å². The van der Waals surface area contributed by atoms with Crippen LogP contribution >= 0.6 is 0 Å². The first-order valence-electron chi connectivity index (χ1n) is 5.04. The maximum Gasteiger partial charge on any atom is 0.235 e. The van der Waals surface area contributed by atoms with Gasteiger partial charge in [0.05, 0.1) is 11.5 Å². The van der Waals surface area contributed by atoms with Crippen LogP contribution in [-0.2, 0) is 9.59 Å². The first-order valence-corrected chi connectivity index (χ1v) is 5.04. The highest BCUT2D eigenvalue weighted by Gasteiger charge is 2.45. The average Bonchev–Trinajstić information content (AvgIpc) is 2.27. The van der Waals surface area contributed by atoms with E-state index < -0.39 is 17.6 Å². The van der Waals surface area contributed by atoms with Crippen molar-refractivity contribution in [1.29, 1.82) is 0 Å². The highest BCUT2D eigenvalue weighted by molar-refractivity contribution is 6.05. The van der Waals surface area contributed by atoms with Gasteiger partial charge in [-0.3, -0.25) is 14.5 Å². The topological polar surface area (TPSA) is 83.6 Å². The van der Waals surface area contributed by atoms with E-state index in [9.17, 15) is 14.7 Å². The molecule has 0 saturated carbocycles. The SMILES string of the molecule is CC(O)C(N)CN1C(=O)CC(C)(C)C1=O. The normalized spacial score (nSPS) is 24.5. The van der Waals surface area contributed by atoms with Crippen LogP contribution in [0, 0.1) is 5.41 Å². The van der Waals surface area contributed by atoms with Crippen molar-refractivity contribution in [2.45, 2.75) is 39.3 Å². The summed E-state index contributed by atoms with van der Waals surface area (Å²) in [5.41, 5.74) is 4.98. The lowest BCUT2D eigenvalue weighted by Gasteiger charge is -2.22. The molecule has 5 nitrogen and oxygen atoms in total. The zero-order valence-electron chi connectivity index (χ0n) is 9.36. The van der Waals surface area contributed by atoms with E-state index in [0.717, 1.165) is 4.90 Å². The van der Waals surface area contributed by atoms with Gasteiger partial charge in [0.1, 0.15) is 0 Å². The van der Waals surface area contributed by atoms with E-state index in [4.69, 9.17) is 5.73 Å². The van der Waals surface area contributed by atoms with Crippen molar-refractivity contribution in [3.8, 4) is 0 Å². The zero-order chi connectivity index (χ0) is 11.8. The third-order valence-corrected chi connectivity index (χ3v) is 2.73. The minimum Gasteiger partial charge on any atom is -0.392 e. The Morgan fingerprint density at radius 2 is 2.07 bits per heavy atom. The third-order valence-electron chi connectivity index (χ3n) is 2.73. The van der Waals surface area contributed by atoms with Crippen molar-refractivity contribution in [1.82, 2.24) is 4.90 Å². The van der Waals surface area contributed by atoms with Crippen LogP contribution in [0.3, 0.4) is 0 Å². The fourth-order valence-corrected chi connectivity index (χ4v) is 1.58. The summed E-state index contributed by atoms with van der Waals surface area (Å²) in [5.74, 6) is -0.412. The molecular formula is C10H18N2O3. The van der Waals surface area contributed by atoms with Crippen molar-refractivity contribution >= 4 is 11.8 Å².